The fourth-order valence-electron chi connectivity index (χ4n) is 3.26. The highest BCUT2D eigenvalue weighted by molar-refractivity contribution is 7.20. The highest BCUT2D eigenvalue weighted by Crippen LogP contribution is 2.30. The maximum absolute atomic E-state index is 13.4. The fourth-order valence-corrected chi connectivity index (χ4v) is 4.19. The number of carbonyl (C=O) groups is 1. The van der Waals surface area contributed by atoms with Gasteiger partial charge in [-0.25, -0.2) is 9.82 Å². The zero-order valence-electron chi connectivity index (χ0n) is 18.6. The number of carbonyl (C=O) groups excluding carboxylic acids is 1. The van der Waals surface area contributed by atoms with E-state index in [1.807, 2.05) is 6.92 Å². The lowest BCUT2D eigenvalue weighted by Crippen LogP contribution is -2.16. The Morgan fingerprint density at radius 3 is 2.74 bits per heavy atom. The molecule has 0 radical (unpaired) electrons. The molecule has 0 atom stereocenters. The molecule has 3 aromatic carbocycles. The summed E-state index contributed by atoms with van der Waals surface area (Å²) in [6.45, 7) is 2.44. The number of rotatable bonds is 9. The largest absolute Gasteiger partial charge is 0.490 e. The van der Waals surface area contributed by atoms with Gasteiger partial charge in [-0.1, -0.05) is 12.1 Å². The van der Waals surface area contributed by atoms with Gasteiger partial charge >= 0.3 is 0 Å². The van der Waals surface area contributed by atoms with E-state index < -0.39 is 10.8 Å². The van der Waals surface area contributed by atoms with Gasteiger partial charge in [0.05, 0.1) is 22.6 Å². The molecule has 4 aromatic rings. The molecule has 1 heterocycles. The molecule has 0 aliphatic rings. The minimum Gasteiger partial charge on any atom is -0.490 e. The van der Waals surface area contributed by atoms with E-state index in [-0.39, 0.29) is 18.1 Å². The minimum atomic E-state index is -0.477. The van der Waals surface area contributed by atoms with Crippen molar-refractivity contribution in [3.05, 3.63) is 98.7 Å². The standard InChI is InChI=1S/C25H20FN3O5S/c1-2-33-22-11-16(6-8-21(22)34-15-17-4-3-5-19(26)10-17)14-27-28-25(30)24-13-18-12-20(29(31)32)7-9-23(18)35-24/h3-14H,2,15H2,1H3,(H,28,30). The van der Waals surface area contributed by atoms with Crippen molar-refractivity contribution in [3.8, 4) is 11.5 Å². The molecule has 1 aromatic heterocycles. The number of hydrazone groups is 1. The average Bonchev–Trinajstić information content (AvgIpc) is 3.27. The molecule has 178 valence electrons. The number of nitrogens with zero attached hydrogens (tertiary/aromatic N) is 2. The normalized spacial score (nSPS) is 11.0. The monoisotopic (exact) mass is 493 g/mol. The fraction of sp³-hybridized carbons (Fsp3) is 0.120. The van der Waals surface area contributed by atoms with Crippen molar-refractivity contribution in [2.75, 3.05) is 6.61 Å². The number of nitro groups is 1. The Labute approximate surface area is 203 Å². The molecular formula is C25H20FN3O5S. The Morgan fingerprint density at radius 1 is 1.11 bits per heavy atom. The van der Waals surface area contributed by atoms with Crippen LogP contribution in [0.25, 0.3) is 10.1 Å². The topological polar surface area (TPSA) is 103 Å². The number of ether oxygens (including phenoxy) is 2. The van der Waals surface area contributed by atoms with Crippen molar-refractivity contribution >= 4 is 39.2 Å². The van der Waals surface area contributed by atoms with Crippen LogP contribution in [0.15, 0.2) is 71.8 Å². The van der Waals surface area contributed by atoms with Gasteiger partial charge in [-0.15, -0.1) is 11.3 Å². The zero-order valence-corrected chi connectivity index (χ0v) is 19.4. The number of hydrogen-bond donors (Lipinski definition) is 1. The van der Waals surface area contributed by atoms with E-state index in [0.717, 1.165) is 4.70 Å². The van der Waals surface area contributed by atoms with E-state index in [2.05, 4.69) is 10.5 Å². The van der Waals surface area contributed by atoms with Gasteiger partial charge < -0.3 is 9.47 Å². The maximum atomic E-state index is 13.4. The summed E-state index contributed by atoms with van der Waals surface area (Å²) in [5.74, 6) is 0.230. The van der Waals surface area contributed by atoms with E-state index in [0.29, 0.717) is 39.5 Å². The third kappa shape index (κ3) is 5.98. The SMILES string of the molecule is CCOc1cc(C=NNC(=O)c2cc3cc([N+](=O)[O-])ccc3s2)ccc1OCc1cccc(F)c1. The van der Waals surface area contributed by atoms with Crippen molar-refractivity contribution < 1.29 is 23.6 Å². The van der Waals surface area contributed by atoms with Crippen molar-refractivity contribution in [2.24, 2.45) is 5.10 Å². The predicted molar refractivity (Wildman–Crippen MR) is 132 cm³/mol. The summed E-state index contributed by atoms with van der Waals surface area (Å²) in [6.07, 6.45) is 1.47. The number of nitro benzene ring substituents is 1. The molecule has 0 aliphatic carbocycles. The summed E-state index contributed by atoms with van der Waals surface area (Å²) >= 11 is 1.22. The second-order valence-corrected chi connectivity index (χ2v) is 8.43. The molecule has 0 saturated carbocycles. The Kier molecular flexibility index (Phi) is 7.32. The first kappa shape index (κ1) is 23.8. The third-order valence-electron chi connectivity index (χ3n) is 4.87. The van der Waals surface area contributed by atoms with Crippen molar-refractivity contribution in [1.29, 1.82) is 0 Å². The van der Waals surface area contributed by atoms with Crippen LogP contribution in [0.2, 0.25) is 0 Å². The number of benzene rings is 3. The molecule has 4 rings (SSSR count). The van der Waals surface area contributed by atoms with Crippen LogP contribution in [0.4, 0.5) is 10.1 Å². The van der Waals surface area contributed by atoms with Gasteiger partial charge in [0.25, 0.3) is 11.6 Å². The summed E-state index contributed by atoms with van der Waals surface area (Å²) in [5, 5.41) is 15.6. The predicted octanol–water partition coefficient (Wildman–Crippen LogP) is 5.69. The number of hydrogen-bond acceptors (Lipinski definition) is 7. The summed E-state index contributed by atoms with van der Waals surface area (Å²) in [7, 11) is 0. The van der Waals surface area contributed by atoms with E-state index in [9.17, 15) is 19.3 Å². The van der Waals surface area contributed by atoms with E-state index >= 15 is 0 Å². The summed E-state index contributed by atoms with van der Waals surface area (Å²) in [5.41, 5.74) is 3.79. The van der Waals surface area contributed by atoms with Crippen LogP contribution < -0.4 is 14.9 Å². The highest BCUT2D eigenvalue weighted by atomic mass is 32.1. The number of nitrogens with one attached hydrogen (secondary N) is 1. The van der Waals surface area contributed by atoms with Gasteiger partial charge in [-0.3, -0.25) is 14.9 Å². The van der Waals surface area contributed by atoms with E-state index in [4.69, 9.17) is 9.47 Å². The molecule has 0 fully saturated rings. The number of fused-ring (bicyclic) bond motifs is 1. The average molecular weight is 494 g/mol. The number of amides is 1. The first-order chi connectivity index (χ1) is 16.9. The Hall–Kier alpha value is -4.31. The molecule has 0 bridgehead atoms. The van der Waals surface area contributed by atoms with Gasteiger partial charge in [-0.2, -0.15) is 5.10 Å². The second-order valence-electron chi connectivity index (χ2n) is 7.35. The molecule has 0 aliphatic heterocycles. The molecule has 35 heavy (non-hydrogen) atoms. The number of non-ortho nitro benzene ring substituents is 1. The van der Waals surface area contributed by atoms with E-state index in [1.54, 1.807) is 42.5 Å². The van der Waals surface area contributed by atoms with Crippen LogP contribution in [0, 0.1) is 15.9 Å². The van der Waals surface area contributed by atoms with Crippen molar-refractivity contribution in [1.82, 2.24) is 5.43 Å². The smallest absolute Gasteiger partial charge is 0.281 e. The lowest BCUT2D eigenvalue weighted by Gasteiger charge is -2.12. The summed E-state index contributed by atoms with van der Waals surface area (Å²) in [4.78, 5) is 23.3. The molecular weight excluding hydrogens is 473 g/mol. The molecule has 1 N–H and O–H groups in total. The van der Waals surface area contributed by atoms with Crippen LogP contribution in [0.5, 0.6) is 11.5 Å². The minimum absolute atomic E-state index is 0.0336. The summed E-state index contributed by atoms with van der Waals surface area (Å²) < 4.78 is 25.6. The Balaban J connectivity index is 1.42. The second kappa shape index (κ2) is 10.7. The summed E-state index contributed by atoms with van der Waals surface area (Å²) in [6, 6.07) is 17.4. The van der Waals surface area contributed by atoms with Crippen LogP contribution >= 0.6 is 11.3 Å². The Bertz CT molecular complexity index is 1420. The first-order valence-electron chi connectivity index (χ1n) is 10.6. The molecule has 0 spiro atoms. The molecule has 1 amide bonds. The van der Waals surface area contributed by atoms with Gasteiger partial charge in [0.1, 0.15) is 12.4 Å². The van der Waals surface area contributed by atoms with Crippen LogP contribution in [-0.2, 0) is 6.61 Å². The first-order valence-corrected chi connectivity index (χ1v) is 11.4. The number of halogens is 1. The van der Waals surface area contributed by atoms with Crippen LogP contribution in [0.1, 0.15) is 27.7 Å². The molecule has 0 saturated heterocycles. The highest BCUT2D eigenvalue weighted by Gasteiger charge is 2.13. The maximum Gasteiger partial charge on any atom is 0.281 e. The molecule has 0 unspecified atom stereocenters. The third-order valence-corrected chi connectivity index (χ3v) is 5.98. The van der Waals surface area contributed by atoms with Crippen LogP contribution in [-0.4, -0.2) is 23.7 Å². The van der Waals surface area contributed by atoms with Gasteiger partial charge in [0, 0.05) is 22.2 Å². The lowest BCUT2D eigenvalue weighted by atomic mass is 10.2. The van der Waals surface area contributed by atoms with Crippen molar-refractivity contribution in [2.45, 2.75) is 13.5 Å². The zero-order chi connectivity index (χ0) is 24.8. The van der Waals surface area contributed by atoms with Crippen molar-refractivity contribution in [3.63, 3.8) is 0 Å². The lowest BCUT2D eigenvalue weighted by molar-refractivity contribution is -0.384. The van der Waals surface area contributed by atoms with Gasteiger partial charge in [0.15, 0.2) is 11.5 Å². The number of thiophene rings is 1. The van der Waals surface area contributed by atoms with E-state index in [1.165, 1.54) is 41.8 Å². The van der Waals surface area contributed by atoms with Crippen LogP contribution in [0.3, 0.4) is 0 Å². The molecule has 8 nitrogen and oxygen atoms in total. The molecule has 10 heteroatoms. The van der Waals surface area contributed by atoms with Gasteiger partial charge in [-0.05, 0) is 60.5 Å². The quantitative estimate of drug-likeness (QED) is 0.183. The Morgan fingerprint density at radius 2 is 1.97 bits per heavy atom. The van der Waals surface area contributed by atoms with Gasteiger partial charge in [0.2, 0.25) is 0 Å².